The summed E-state index contributed by atoms with van der Waals surface area (Å²) in [5.74, 6) is 3.57. The predicted octanol–water partition coefficient (Wildman–Crippen LogP) is 23.7. The summed E-state index contributed by atoms with van der Waals surface area (Å²) < 4.78 is 29.7. The summed E-state index contributed by atoms with van der Waals surface area (Å²) in [7, 11) is 0. The first-order valence-electron chi connectivity index (χ1n) is 40.6. The van der Waals surface area contributed by atoms with Crippen molar-refractivity contribution in [2.75, 3.05) is 0 Å². The molecule has 2 aliphatic heterocycles. The second-order valence-electron chi connectivity index (χ2n) is 40.9. The largest absolute Gasteiger partial charge is 0.507 e. The average molecular weight is 1500 g/mol. The number of ether oxygens (including phenoxy) is 4. The van der Waals surface area contributed by atoms with E-state index in [0.29, 0.717) is 97.1 Å². The van der Waals surface area contributed by atoms with E-state index in [-0.39, 0.29) is 92.7 Å². The van der Waals surface area contributed by atoms with Crippen molar-refractivity contribution in [1.82, 2.24) is 9.97 Å². The molecule has 4 heterocycles. The van der Waals surface area contributed by atoms with Gasteiger partial charge in [-0.25, -0.2) is 0 Å². The van der Waals surface area contributed by atoms with Crippen molar-refractivity contribution < 1.29 is 39.4 Å². The van der Waals surface area contributed by atoms with Crippen molar-refractivity contribution in [2.24, 2.45) is 0 Å². The first-order valence-corrected chi connectivity index (χ1v) is 40.6. The van der Waals surface area contributed by atoms with Crippen LogP contribution in [0, 0.1) is 0 Å². The number of fused-ring (bicyclic) bond motifs is 6. The van der Waals surface area contributed by atoms with Gasteiger partial charge >= 0.3 is 0 Å². The lowest BCUT2D eigenvalue weighted by Crippen LogP contribution is -2.17. The third-order valence-electron chi connectivity index (χ3n) is 23.2. The number of hydrogen-bond acceptors (Lipinski definition) is 10. The van der Waals surface area contributed by atoms with Crippen molar-refractivity contribution >= 4 is 0 Å². The van der Waals surface area contributed by atoms with Gasteiger partial charge in [-0.1, -0.05) is 275 Å². The Bertz CT molecular complexity index is 4460. The highest BCUT2D eigenvalue weighted by Gasteiger charge is 2.34. The zero-order chi connectivity index (χ0) is 81.1. The van der Waals surface area contributed by atoms with Crippen molar-refractivity contribution in [3.63, 3.8) is 0 Å². The molecule has 0 fully saturated rings. The summed E-state index contributed by atoms with van der Waals surface area (Å²) in [5.41, 5.74) is 22.5. The minimum atomic E-state index is -0.310. The summed E-state index contributed by atoms with van der Waals surface area (Å²) in [6.45, 7) is 54.0. The van der Waals surface area contributed by atoms with Crippen molar-refractivity contribution in [3.05, 3.63) is 290 Å². The van der Waals surface area contributed by atoms with E-state index >= 15 is 0 Å². The van der Waals surface area contributed by atoms with E-state index in [1.807, 2.05) is 36.4 Å². The molecular formula is C102H122N2O8. The van der Waals surface area contributed by atoms with Gasteiger partial charge in [0, 0.05) is 51.4 Å². The molecule has 2 aliphatic carbocycles. The lowest BCUT2D eigenvalue weighted by atomic mass is 9.79. The quantitative estimate of drug-likeness (QED) is 0.116. The van der Waals surface area contributed by atoms with Gasteiger partial charge in [0.05, 0.1) is 22.8 Å². The van der Waals surface area contributed by atoms with E-state index in [2.05, 4.69) is 263 Å². The van der Waals surface area contributed by atoms with Gasteiger partial charge < -0.3 is 39.4 Å². The molecule has 10 aromatic rings. The summed E-state index contributed by atoms with van der Waals surface area (Å²) in [6.07, 6.45) is 2.67. The maximum atomic E-state index is 13.3. The van der Waals surface area contributed by atoms with Crippen molar-refractivity contribution in [3.8, 4) is 46.0 Å². The Morgan fingerprint density at radius 2 is 0.330 bits per heavy atom. The zero-order valence-electron chi connectivity index (χ0n) is 71.5. The van der Waals surface area contributed by atoms with Crippen LogP contribution in [0.4, 0.5) is 0 Å². The molecule has 4 aliphatic rings. The highest BCUT2D eigenvalue weighted by molar-refractivity contribution is 5.63. The van der Waals surface area contributed by atoms with Gasteiger partial charge in [0.25, 0.3) is 0 Å². The number of phenols is 4. The smallest absolute Gasteiger partial charge is 0.130 e. The number of rotatable bonds is 0. The zero-order valence-corrected chi connectivity index (χ0v) is 71.5. The third-order valence-corrected chi connectivity index (χ3v) is 23.2. The molecule has 2 aromatic heterocycles. The fourth-order valence-corrected chi connectivity index (χ4v) is 16.0. The highest BCUT2D eigenvalue weighted by atomic mass is 16.5. The molecular weight excluding hydrogens is 1380 g/mol. The van der Waals surface area contributed by atoms with E-state index in [1.165, 1.54) is 0 Å². The monoisotopic (exact) mass is 1500 g/mol. The van der Waals surface area contributed by atoms with Crippen molar-refractivity contribution in [2.45, 2.75) is 287 Å². The molecule has 0 saturated carbocycles. The minimum absolute atomic E-state index is 0.0948. The van der Waals surface area contributed by atoms with Gasteiger partial charge in [0.15, 0.2) is 0 Å². The van der Waals surface area contributed by atoms with Gasteiger partial charge in [-0.05, 0) is 201 Å². The summed E-state index contributed by atoms with van der Waals surface area (Å²) in [5, 5.41) is 53.2. The average Bonchev–Trinajstić information content (AvgIpc) is 0.781. The lowest BCUT2D eigenvalue weighted by Gasteiger charge is -2.28. The molecule has 0 saturated heterocycles. The molecule has 0 unspecified atom stereocenters. The van der Waals surface area contributed by atoms with Crippen LogP contribution in [0.5, 0.6) is 46.0 Å². The van der Waals surface area contributed by atoms with Gasteiger partial charge in [-0.2, -0.15) is 0 Å². The first-order chi connectivity index (χ1) is 52.1. The van der Waals surface area contributed by atoms with Crippen LogP contribution >= 0.6 is 0 Å². The Hall–Kier alpha value is -9.54. The van der Waals surface area contributed by atoms with Gasteiger partial charge in [-0.3, -0.25) is 9.97 Å². The summed E-state index contributed by atoms with van der Waals surface area (Å²) in [4.78, 5) is 10.8. The molecule has 0 atom stereocenters. The van der Waals surface area contributed by atoms with Crippen molar-refractivity contribution in [1.29, 1.82) is 0 Å². The number of hydrogen-bond donors (Lipinski definition) is 4. The normalized spacial score (nSPS) is 14.8. The molecule has 8 aromatic carbocycles. The number of aromatic nitrogens is 2. The number of pyridine rings is 2. The van der Waals surface area contributed by atoms with Crippen LogP contribution in [0.15, 0.2) is 133 Å². The lowest BCUT2D eigenvalue weighted by molar-refractivity contribution is 0.284. The molecule has 0 spiro atoms. The standard InChI is InChI=1S/C102H122N2O8/c1-95(2,3)75-39-59-31-67-47-79(99(13,14)15)49-69-33-61-41-76(96(4,5)6)42-62(88(61)106)34-70-50-80(100(16,17)18)48-68(32-60(40-75)87(59)105)92(70)110-56-84-28-26-30-86(104-84)58-112-94-72-36-64-44-77(97(7,8)9)43-63(89(64)107)35-71-51-81(101(19,20)21)53-73(93(71)111-57-85-29-25-27-83(103-85)55-109-91(67)69)37-65-45-78(98(10,11)12)46-66(90(65)108)38-74(94)54-82(52-72)102(22,23)24/h25-30,39-54,105-108H,31-38,55-58H2,1-24H3. The number of nitrogens with zero attached hydrogens (tertiary/aromatic N) is 2. The van der Waals surface area contributed by atoms with Crippen LogP contribution in [0.3, 0.4) is 0 Å². The fraction of sp³-hybridized carbons (Fsp3) is 0.431. The van der Waals surface area contributed by atoms with Gasteiger partial charge in [0.2, 0.25) is 0 Å². The summed E-state index contributed by atoms with van der Waals surface area (Å²) >= 11 is 0. The minimum Gasteiger partial charge on any atom is -0.507 e. The van der Waals surface area contributed by atoms with Crippen LogP contribution in [-0.2, 0) is 121 Å². The molecule has 14 rings (SSSR count). The topological polar surface area (TPSA) is 144 Å². The van der Waals surface area contributed by atoms with Gasteiger partial charge in [0.1, 0.15) is 72.4 Å². The maximum Gasteiger partial charge on any atom is 0.130 e. The Morgan fingerprint density at radius 1 is 0.205 bits per heavy atom. The first kappa shape index (κ1) is 80.5. The fourth-order valence-electron chi connectivity index (χ4n) is 16.0. The molecule has 4 N–H and O–H groups in total. The summed E-state index contributed by atoms with van der Waals surface area (Å²) in [6, 6.07) is 47.6. The van der Waals surface area contributed by atoms with E-state index in [9.17, 15) is 20.4 Å². The van der Waals surface area contributed by atoms with Crippen LogP contribution < -0.4 is 18.9 Å². The molecule has 588 valence electrons. The Labute approximate surface area is 668 Å². The van der Waals surface area contributed by atoms with E-state index < -0.39 is 0 Å². The van der Waals surface area contributed by atoms with Crippen LogP contribution in [0.1, 0.15) is 322 Å². The molecule has 0 radical (unpaired) electrons. The molecule has 10 heteroatoms. The van der Waals surface area contributed by atoms with Gasteiger partial charge in [-0.15, -0.1) is 0 Å². The third kappa shape index (κ3) is 17.5. The molecule has 112 heavy (non-hydrogen) atoms. The molecule has 10 nitrogen and oxygen atoms in total. The number of benzene rings is 8. The Balaban J connectivity index is 1.09. The van der Waals surface area contributed by atoms with Crippen LogP contribution in [-0.4, -0.2) is 30.4 Å². The van der Waals surface area contributed by atoms with E-state index in [1.54, 1.807) is 0 Å². The maximum absolute atomic E-state index is 13.3. The van der Waals surface area contributed by atoms with Crippen LogP contribution in [0.2, 0.25) is 0 Å². The Kier molecular flexibility index (Phi) is 21.2. The second-order valence-corrected chi connectivity index (χ2v) is 40.9. The SMILES string of the molecule is CC(C)(C)c1cc2c(O)c(c1)Cc1cc(C(C)(C)C)cc3c1OCc1cccc(n1)COc1c4cc(C(C)(C)C)cc1Cc1cc(C(C)(C)C)cc(c1O)Cc1cc(C(C)(C)C)cc(c1OCc1cccc(n1)COc1c(cc(C(C)(C)C)cc1Cc1cc(C(C)(C)C)cc(c1O)C3)C2)Cc1cc(C(C)(C)C)cc(c1O)C4. The van der Waals surface area contributed by atoms with E-state index in [0.717, 1.165) is 134 Å². The predicted molar refractivity (Wildman–Crippen MR) is 456 cm³/mol. The Morgan fingerprint density at radius 3 is 0.455 bits per heavy atom. The number of phenolic OH excluding ortho intramolecular Hbond substituents is 4. The van der Waals surface area contributed by atoms with Crippen LogP contribution in [0.25, 0.3) is 0 Å². The molecule has 24 bridgehead atoms. The molecule has 0 amide bonds. The number of aromatic hydroxyl groups is 4. The highest BCUT2D eigenvalue weighted by Crippen LogP contribution is 2.48. The van der Waals surface area contributed by atoms with E-state index in [4.69, 9.17) is 28.9 Å². The second kappa shape index (κ2) is 29.5.